The summed E-state index contributed by atoms with van der Waals surface area (Å²) in [7, 11) is 0. The van der Waals surface area contributed by atoms with Crippen molar-refractivity contribution in [2.75, 3.05) is 17.2 Å². The minimum absolute atomic E-state index is 0.257. The molecule has 0 aliphatic rings. The zero-order valence-corrected chi connectivity index (χ0v) is 12.4. The molecule has 0 saturated carbocycles. The van der Waals surface area contributed by atoms with E-state index in [1.165, 1.54) is 9.75 Å². The van der Waals surface area contributed by atoms with E-state index in [9.17, 15) is 0 Å². The van der Waals surface area contributed by atoms with E-state index in [2.05, 4.69) is 53.5 Å². The van der Waals surface area contributed by atoms with Crippen LogP contribution in [-0.4, -0.2) is 16.5 Å². The Balaban J connectivity index is 2.02. The maximum atomic E-state index is 4.26. The van der Waals surface area contributed by atoms with Gasteiger partial charge in [-0.3, -0.25) is 0 Å². The molecule has 0 saturated heterocycles. The highest BCUT2D eigenvalue weighted by Crippen LogP contribution is 2.25. The summed E-state index contributed by atoms with van der Waals surface area (Å²) in [6.07, 6.45) is 2.67. The Labute approximate surface area is 118 Å². The maximum absolute atomic E-state index is 4.26. The lowest BCUT2D eigenvalue weighted by Gasteiger charge is -2.13. The van der Waals surface area contributed by atoms with Gasteiger partial charge in [0.05, 0.1) is 6.04 Å². The minimum Gasteiger partial charge on any atom is -0.370 e. The fraction of sp³-hybridized carbons (Fsp3) is 0.429. The molecule has 19 heavy (non-hydrogen) atoms. The molecule has 2 rings (SSSR count). The van der Waals surface area contributed by atoms with Crippen LogP contribution in [0.5, 0.6) is 0 Å². The van der Waals surface area contributed by atoms with Crippen LogP contribution in [0.1, 0.15) is 36.1 Å². The fourth-order valence-corrected chi connectivity index (χ4v) is 2.64. The zero-order valence-electron chi connectivity index (χ0n) is 11.6. The van der Waals surface area contributed by atoms with E-state index in [4.69, 9.17) is 0 Å². The van der Waals surface area contributed by atoms with Crippen LogP contribution >= 0.6 is 11.3 Å². The van der Waals surface area contributed by atoms with Gasteiger partial charge >= 0.3 is 0 Å². The van der Waals surface area contributed by atoms with E-state index < -0.39 is 0 Å². The molecule has 0 aliphatic heterocycles. The number of hydrogen-bond acceptors (Lipinski definition) is 5. The lowest BCUT2D eigenvalue weighted by atomic mass is 10.2. The van der Waals surface area contributed by atoms with Gasteiger partial charge in [-0.2, -0.15) is 0 Å². The first-order chi connectivity index (χ1) is 9.19. The smallest absolute Gasteiger partial charge is 0.131 e. The van der Waals surface area contributed by atoms with Crippen LogP contribution in [0.25, 0.3) is 0 Å². The number of thiophene rings is 1. The van der Waals surface area contributed by atoms with Gasteiger partial charge in [0.1, 0.15) is 18.0 Å². The van der Waals surface area contributed by atoms with Gasteiger partial charge in [-0.05, 0) is 32.4 Å². The molecule has 5 heteroatoms. The summed E-state index contributed by atoms with van der Waals surface area (Å²) in [5.41, 5.74) is 0. The first kappa shape index (κ1) is 13.8. The maximum Gasteiger partial charge on any atom is 0.131 e. The van der Waals surface area contributed by atoms with Crippen LogP contribution in [0, 0.1) is 6.92 Å². The van der Waals surface area contributed by atoms with Gasteiger partial charge in [-0.1, -0.05) is 6.92 Å². The average molecular weight is 276 g/mol. The van der Waals surface area contributed by atoms with Crippen LogP contribution in [0.2, 0.25) is 0 Å². The molecular formula is C14H20N4S. The van der Waals surface area contributed by atoms with Crippen LogP contribution in [0.15, 0.2) is 24.5 Å². The van der Waals surface area contributed by atoms with Crippen molar-refractivity contribution in [2.24, 2.45) is 0 Å². The number of nitrogens with one attached hydrogen (secondary N) is 2. The van der Waals surface area contributed by atoms with E-state index in [1.54, 1.807) is 6.33 Å². The number of hydrogen-bond donors (Lipinski definition) is 2. The molecule has 0 aromatic carbocycles. The molecule has 2 heterocycles. The molecular weight excluding hydrogens is 256 g/mol. The first-order valence-corrected chi connectivity index (χ1v) is 7.39. The van der Waals surface area contributed by atoms with Gasteiger partial charge in [0.2, 0.25) is 0 Å². The molecule has 102 valence electrons. The van der Waals surface area contributed by atoms with Crippen LogP contribution in [0.3, 0.4) is 0 Å². The summed E-state index contributed by atoms with van der Waals surface area (Å²) in [4.78, 5) is 11.1. The number of aromatic nitrogens is 2. The molecule has 0 aliphatic carbocycles. The SMILES string of the molecule is CCCNc1cc(NC(C)c2ccc(C)s2)ncn1. The second kappa shape index (κ2) is 6.52. The van der Waals surface area contributed by atoms with Crippen LogP contribution < -0.4 is 10.6 Å². The molecule has 1 atom stereocenters. The molecule has 4 nitrogen and oxygen atoms in total. The van der Waals surface area contributed by atoms with Gasteiger partial charge in [-0.15, -0.1) is 11.3 Å². The number of anilines is 2. The van der Waals surface area contributed by atoms with Gasteiger partial charge in [0.15, 0.2) is 0 Å². The standard InChI is InChI=1S/C14H20N4S/c1-4-7-15-13-8-14(17-9-16-13)18-11(3)12-6-5-10(2)19-12/h5-6,8-9,11H,4,7H2,1-3H3,(H2,15,16,17,18). The van der Waals surface area contributed by atoms with Crippen LogP contribution in [0.4, 0.5) is 11.6 Å². The highest BCUT2D eigenvalue weighted by molar-refractivity contribution is 7.12. The number of rotatable bonds is 6. The van der Waals surface area contributed by atoms with Gasteiger partial charge in [0, 0.05) is 22.4 Å². The predicted molar refractivity (Wildman–Crippen MR) is 81.9 cm³/mol. The van der Waals surface area contributed by atoms with E-state index in [1.807, 2.05) is 17.4 Å². The third-order valence-corrected chi connectivity index (χ3v) is 3.96. The van der Waals surface area contributed by atoms with Gasteiger partial charge in [0.25, 0.3) is 0 Å². The van der Waals surface area contributed by atoms with E-state index in [0.29, 0.717) is 0 Å². The lowest BCUT2D eigenvalue weighted by Crippen LogP contribution is -2.08. The third-order valence-electron chi connectivity index (χ3n) is 2.78. The van der Waals surface area contributed by atoms with Crippen molar-refractivity contribution in [3.63, 3.8) is 0 Å². The van der Waals surface area contributed by atoms with Crippen molar-refractivity contribution in [2.45, 2.75) is 33.2 Å². The molecule has 0 bridgehead atoms. The molecule has 2 aromatic rings. The average Bonchev–Trinajstić information content (AvgIpc) is 2.83. The molecule has 0 fully saturated rings. The van der Waals surface area contributed by atoms with E-state index in [-0.39, 0.29) is 6.04 Å². The number of aryl methyl sites for hydroxylation is 1. The highest BCUT2D eigenvalue weighted by atomic mass is 32.1. The Morgan fingerprint density at radius 1 is 1.26 bits per heavy atom. The quantitative estimate of drug-likeness (QED) is 0.841. The first-order valence-electron chi connectivity index (χ1n) is 6.58. The summed E-state index contributed by atoms with van der Waals surface area (Å²) < 4.78 is 0. The monoisotopic (exact) mass is 276 g/mol. The summed E-state index contributed by atoms with van der Waals surface area (Å²) in [6.45, 7) is 7.33. The van der Waals surface area contributed by atoms with Crippen molar-refractivity contribution in [1.82, 2.24) is 9.97 Å². The highest BCUT2D eigenvalue weighted by Gasteiger charge is 2.08. The zero-order chi connectivity index (χ0) is 13.7. The Morgan fingerprint density at radius 3 is 2.74 bits per heavy atom. The summed E-state index contributed by atoms with van der Waals surface area (Å²) in [5, 5.41) is 6.67. The van der Waals surface area contributed by atoms with Crippen molar-refractivity contribution in [3.8, 4) is 0 Å². The van der Waals surface area contributed by atoms with Crippen molar-refractivity contribution in [1.29, 1.82) is 0 Å². The second-order valence-electron chi connectivity index (χ2n) is 4.53. The minimum atomic E-state index is 0.257. The van der Waals surface area contributed by atoms with Gasteiger partial charge in [-0.25, -0.2) is 9.97 Å². The normalized spacial score (nSPS) is 12.2. The van der Waals surface area contributed by atoms with Crippen molar-refractivity contribution < 1.29 is 0 Å². The van der Waals surface area contributed by atoms with Gasteiger partial charge < -0.3 is 10.6 Å². The third kappa shape index (κ3) is 3.92. The summed E-state index contributed by atoms with van der Waals surface area (Å²) in [5.74, 6) is 1.72. The molecule has 2 N–H and O–H groups in total. The molecule has 0 radical (unpaired) electrons. The predicted octanol–water partition coefficient (Wildman–Crippen LogP) is 3.84. The topological polar surface area (TPSA) is 49.8 Å². The number of nitrogens with zero attached hydrogens (tertiary/aromatic N) is 2. The fourth-order valence-electron chi connectivity index (χ4n) is 1.77. The van der Waals surface area contributed by atoms with E-state index in [0.717, 1.165) is 24.6 Å². The summed E-state index contributed by atoms with van der Waals surface area (Å²) >= 11 is 1.81. The van der Waals surface area contributed by atoms with Crippen molar-refractivity contribution >= 4 is 23.0 Å². The lowest BCUT2D eigenvalue weighted by molar-refractivity contribution is 0.891. The van der Waals surface area contributed by atoms with Crippen LogP contribution in [-0.2, 0) is 0 Å². The Kier molecular flexibility index (Phi) is 4.74. The van der Waals surface area contributed by atoms with E-state index >= 15 is 0 Å². The molecule has 0 amide bonds. The van der Waals surface area contributed by atoms with Crippen molar-refractivity contribution in [3.05, 3.63) is 34.3 Å². The Morgan fingerprint density at radius 2 is 2.05 bits per heavy atom. The second-order valence-corrected chi connectivity index (χ2v) is 5.85. The largest absolute Gasteiger partial charge is 0.370 e. The molecule has 1 unspecified atom stereocenters. The Hall–Kier alpha value is -1.62. The molecule has 0 spiro atoms. The summed E-state index contributed by atoms with van der Waals surface area (Å²) in [6, 6.07) is 6.52. The molecule has 2 aromatic heterocycles. The Bertz CT molecular complexity index is 524.